The number of ether oxygens (including phenoxy) is 2. The summed E-state index contributed by atoms with van der Waals surface area (Å²) in [7, 11) is 1.68. The van der Waals surface area contributed by atoms with Gasteiger partial charge in [0.2, 0.25) is 5.16 Å². The largest absolute Gasteiger partial charge is 0.493 e. The molecule has 0 radical (unpaired) electrons. The Morgan fingerprint density at radius 3 is 2.50 bits per heavy atom. The van der Waals surface area contributed by atoms with Gasteiger partial charge in [0.15, 0.2) is 11.5 Å². The fraction of sp³-hybridized carbons (Fsp3) is 0.269. The number of rotatable bonds is 13. The average molecular weight is 476 g/mol. The zero-order valence-corrected chi connectivity index (χ0v) is 20.1. The third-order valence-electron chi connectivity index (χ3n) is 5.22. The molecule has 0 aliphatic rings. The van der Waals surface area contributed by atoms with Gasteiger partial charge in [0.05, 0.1) is 19.4 Å². The second-order valence-corrected chi connectivity index (χ2v) is 8.72. The van der Waals surface area contributed by atoms with E-state index in [2.05, 4.69) is 39.0 Å². The van der Waals surface area contributed by atoms with Crippen LogP contribution in [0.4, 0.5) is 0 Å². The number of para-hydroxylation sites is 1. The van der Waals surface area contributed by atoms with Crippen molar-refractivity contribution in [1.82, 2.24) is 25.5 Å². The number of aromatic nitrogens is 4. The van der Waals surface area contributed by atoms with E-state index in [9.17, 15) is 0 Å². The molecule has 0 amide bonds. The highest BCUT2D eigenvalue weighted by Crippen LogP contribution is 2.28. The van der Waals surface area contributed by atoms with Crippen molar-refractivity contribution in [2.45, 2.75) is 24.5 Å². The number of hydrogen-bond donors (Lipinski definition) is 1. The molecule has 0 aliphatic carbocycles. The number of nitrogens with one attached hydrogen (secondary N) is 1. The van der Waals surface area contributed by atoms with E-state index in [0.717, 1.165) is 59.6 Å². The molecule has 0 saturated heterocycles. The van der Waals surface area contributed by atoms with E-state index in [4.69, 9.17) is 9.47 Å². The smallest absolute Gasteiger partial charge is 0.214 e. The highest BCUT2D eigenvalue weighted by atomic mass is 32.2. The molecule has 0 aliphatic heterocycles. The lowest BCUT2D eigenvalue weighted by molar-refractivity contribution is 0.297. The van der Waals surface area contributed by atoms with Crippen molar-refractivity contribution in [3.63, 3.8) is 0 Å². The van der Waals surface area contributed by atoms with Crippen molar-refractivity contribution < 1.29 is 9.47 Å². The second kappa shape index (κ2) is 12.8. The molecule has 0 unspecified atom stereocenters. The molecule has 1 aromatic heterocycles. The van der Waals surface area contributed by atoms with Crippen LogP contribution in [0.5, 0.6) is 11.5 Å². The van der Waals surface area contributed by atoms with Crippen LogP contribution in [0.2, 0.25) is 0 Å². The van der Waals surface area contributed by atoms with Crippen LogP contribution >= 0.6 is 11.8 Å². The van der Waals surface area contributed by atoms with Crippen LogP contribution in [-0.2, 0) is 13.0 Å². The summed E-state index contributed by atoms with van der Waals surface area (Å²) in [5.41, 5.74) is 3.39. The number of thioether (sulfide) groups is 1. The minimum absolute atomic E-state index is 0.614. The molecule has 1 heterocycles. The number of tetrazole rings is 1. The Kier molecular flexibility index (Phi) is 8.93. The first-order chi connectivity index (χ1) is 16.8. The Morgan fingerprint density at radius 1 is 0.912 bits per heavy atom. The highest BCUT2D eigenvalue weighted by molar-refractivity contribution is 7.99. The predicted octanol–water partition coefficient (Wildman–Crippen LogP) is 4.56. The molecule has 0 spiro atoms. The van der Waals surface area contributed by atoms with E-state index in [1.165, 1.54) is 5.56 Å². The Morgan fingerprint density at radius 2 is 1.71 bits per heavy atom. The van der Waals surface area contributed by atoms with Gasteiger partial charge in [-0.3, -0.25) is 0 Å². The SMILES string of the molecule is COc1cc(CNCCCSc2nnnn2-c2ccccc2)ccc1OCCc1ccccc1. The lowest BCUT2D eigenvalue weighted by Crippen LogP contribution is -2.15. The number of nitrogens with zero attached hydrogens (tertiary/aromatic N) is 4. The Balaban J connectivity index is 1.18. The molecule has 34 heavy (non-hydrogen) atoms. The number of hydrogen-bond acceptors (Lipinski definition) is 7. The fourth-order valence-electron chi connectivity index (χ4n) is 3.46. The standard InChI is InChI=1S/C26H29N5O2S/c1-32-25-19-22(13-14-24(25)33-17-15-21-9-4-2-5-10-21)20-27-16-8-18-34-26-28-29-30-31(26)23-11-6-3-7-12-23/h2-7,9-14,19,27H,8,15-18,20H2,1H3. The van der Waals surface area contributed by atoms with E-state index >= 15 is 0 Å². The van der Waals surface area contributed by atoms with E-state index in [1.54, 1.807) is 23.6 Å². The lowest BCUT2D eigenvalue weighted by atomic mass is 10.1. The molecule has 8 heteroatoms. The van der Waals surface area contributed by atoms with Gasteiger partial charge in [-0.15, -0.1) is 5.10 Å². The zero-order chi connectivity index (χ0) is 23.4. The van der Waals surface area contributed by atoms with Crippen LogP contribution < -0.4 is 14.8 Å². The minimum atomic E-state index is 0.614. The van der Waals surface area contributed by atoms with Gasteiger partial charge >= 0.3 is 0 Å². The summed E-state index contributed by atoms with van der Waals surface area (Å²) >= 11 is 1.66. The van der Waals surface area contributed by atoms with Crippen molar-refractivity contribution >= 4 is 11.8 Å². The quantitative estimate of drug-likeness (QED) is 0.224. The molecule has 0 fully saturated rings. The van der Waals surface area contributed by atoms with Crippen molar-refractivity contribution in [2.24, 2.45) is 0 Å². The first-order valence-corrected chi connectivity index (χ1v) is 12.3. The van der Waals surface area contributed by atoms with Crippen molar-refractivity contribution in [2.75, 3.05) is 26.0 Å². The summed E-state index contributed by atoms with van der Waals surface area (Å²) in [6.07, 6.45) is 1.87. The van der Waals surface area contributed by atoms with E-state index in [1.807, 2.05) is 60.7 Å². The first kappa shape index (κ1) is 23.8. The van der Waals surface area contributed by atoms with Gasteiger partial charge in [0.25, 0.3) is 0 Å². The molecule has 4 rings (SSSR count). The van der Waals surface area contributed by atoms with E-state index in [0.29, 0.717) is 6.61 Å². The van der Waals surface area contributed by atoms with Gasteiger partial charge < -0.3 is 14.8 Å². The maximum Gasteiger partial charge on any atom is 0.214 e. The summed E-state index contributed by atoms with van der Waals surface area (Å²) < 4.78 is 13.3. The summed E-state index contributed by atoms with van der Waals surface area (Å²) in [4.78, 5) is 0. The monoisotopic (exact) mass is 475 g/mol. The zero-order valence-electron chi connectivity index (χ0n) is 19.3. The average Bonchev–Trinajstić information content (AvgIpc) is 3.36. The van der Waals surface area contributed by atoms with Gasteiger partial charge in [-0.25, -0.2) is 0 Å². The van der Waals surface area contributed by atoms with Gasteiger partial charge in [0.1, 0.15) is 0 Å². The molecule has 0 atom stereocenters. The van der Waals surface area contributed by atoms with Gasteiger partial charge in [-0.1, -0.05) is 66.4 Å². The Bertz CT molecular complexity index is 1140. The van der Waals surface area contributed by atoms with Crippen molar-refractivity contribution in [3.8, 4) is 17.2 Å². The molecule has 1 N–H and O–H groups in total. The van der Waals surface area contributed by atoms with Gasteiger partial charge in [-0.2, -0.15) is 4.68 Å². The predicted molar refractivity (Wildman–Crippen MR) is 135 cm³/mol. The molecule has 3 aromatic carbocycles. The van der Waals surface area contributed by atoms with E-state index in [-0.39, 0.29) is 0 Å². The number of benzene rings is 3. The lowest BCUT2D eigenvalue weighted by Gasteiger charge is -2.13. The molecule has 4 aromatic rings. The number of methoxy groups -OCH3 is 1. The van der Waals surface area contributed by atoms with Crippen molar-refractivity contribution in [3.05, 3.63) is 90.0 Å². The first-order valence-electron chi connectivity index (χ1n) is 11.3. The van der Waals surface area contributed by atoms with Crippen LogP contribution in [0.3, 0.4) is 0 Å². The topological polar surface area (TPSA) is 74.1 Å². The molecular weight excluding hydrogens is 446 g/mol. The summed E-state index contributed by atoms with van der Waals surface area (Å²) in [5.74, 6) is 2.46. The Labute approximate surface area is 204 Å². The maximum absolute atomic E-state index is 5.96. The fourth-order valence-corrected chi connectivity index (χ4v) is 4.29. The molecule has 7 nitrogen and oxygen atoms in total. The normalized spacial score (nSPS) is 10.9. The molecule has 0 saturated carbocycles. The Hall–Kier alpha value is -3.36. The maximum atomic E-state index is 5.96. The highest BCUT2D eigenvalue weighted by Gasteiger charge is 2.09. The molecule has 0 bridgehead atoms. The van der Waals surface area contributed by atoms with Crippen LogP contribution in [0.25, 0.3) is 5.69 Å². The molecule has 176 valence electrons. The third-order valence-corrected chi connectivity index (χ3v) is 6.22. The third kappa shape index (κ3) is 6.82. The second-order valence-electron chi connectivity index (χ2n) is 7.66. The van der Waals surface area contributed by atoms with E-state index < -0.39 is 0 Å². The van der Waals surface area contributed by atoms with Crippen LogP contribution in [0.15, 0.2) is 84.0 Å². The minimum Gasteiger partial charge on any atom is -0.493 e. The van der Waals surface area contributed by atoms with Crippen LogP contribution in [-0.4, -0.2) is 46.2 Å². The van der Waals surface area contributed by atoms with Gasteiger partial charge in [0, 0.05) is 18.7 Å². The summed E-state index contributed by atoms with van der Waals surface area (Å²) in [6.45, 7) is 2.29. The van der Waals surface area contributed by atoms with Crippen LogP contribution in [0.1, 0.15) is 17.5 Å². The molecular formula is C26H29N5O2S. The van der Waals surface area contributed by atoms with Crippen molar-refractivity contribution in [1.29, 1.82) is 0 Å². The summed E-state index contributed by atoms with van der Waals surface area (Å²) in [6, 6.07) is 26.4. The van der Waals surface area contributed by atoms with Crippen LogP contribution in [0, 0.1) is 0 Å². The van der Waals surface area contributed by atoms with Gasteiger partial charge in [-0.05, 0) is 58.8 Å². The summed E-state index contributed by atoms with van der Waals surface area (Å²) in [5, 5.41) is 16.4.